The van der Waals surface area contributed by atoms with Gasteiger partial charge in [-0.1, -0.05) is 0 Å². The number of rotatable bonds is 5. The number of nitrogens with zero attached hydrogens (tertiary/aromatic N) is 2. The summed E-state index contributed by atoms with van der Waals surface area (Å²) in [5, 5.41) is 10.1. The van der Waals surface area contributed by atoms with Gasteiger partial charge in [0.25, 0.3) is 0 Å². The Morgan fingerprint density at radius 3 is 2.44 bits per heavy atom. The van der Waals surface area contributed by atoms with Crippen LogP contribution in [0.4, 0.5) is 0 Å². The zero-order valence-corrected chi connectivity index (χ0v) is 12.2. The number of hydrogen-bond acceptors (Lipinski definition) is 3. The number of hydrogen-bond donors (Lipinski definition) is 2. The molecular formula is C13H24N4O. The molecular weight excluding hydrogens is 228 g/mol. The Kier molecular flexibility index (Phi) is 4.51. The Morgan fingerprint density at radius 1 is 1.39 bits per heavy atom. The van der Waals surface area contributed by atoms with Crippen LogP contribution in [0.5, 0.6) is 0 Å². The lowest BCUT2D eigenvalue weighted by Crippen LogP contribution is -2.50. The third-order valence-corrected chi connectivity index (χ3v) is 2.81. The fourth-order valence-corrected chi connectivity index (χ4v) is 2.25. The number of nitrogens with one attached hydrogen (secondary N) is 2. The van der Waals surface area contributed by atoms with Crippen molar-refractivity contribution in [1.82, 2.24) is 20.4 Å². The van der Waals surface area contributed by atoms with Gasteiger partial charge in [-0.05, 0) is 41.8 Å². The van der Waals surface area contributed by atoms with E-state index in [9.17, 15) is 4.79 Å². The van der Waals surface area contributed by atoms with Crippen LogP contribution in [0.15, 0.2) is 0 Å². The van der Waals surface area contributed by atoms with Gasteiger partial charge in [0, 0.05) is 23.3 Å². The van der Waals surface area contributed by atoms with E-state index in [0.29, 0.717) is 6.42 Å². The molecule has 2 N–H and O–H groups in total. The van der Waals surface area contributed by atoms with Crippen molar-refractivity contribution in [2.45, 2.75) is 39.7 Å². The van der Waals surface area contributed by atoms with Gasteiger partial charge in [0.05, 0.1) is 12.1 Å². The summed E-state index contributed by atoms with van der Waals surface area (Å²) in [7, 11) is 4.00. The third-order valence-electron chi connectivity index (χ3n) is 2.81. The monoisotopic (exact) mass is 252 g/mol. The Labute approximate surface area is 109 Å². The highest BCUT2D eigenvalue weighted by Crippen LogP contribution is 2.11. The topological polar surface area (TPSA) is 61.0 Å². The maximum Gasteiger partial charge on any atom is 0.225 e. The zero-order chi connectivity index (χ0) is 13.9. The summed E-state index contributed by atoms with van der Waals surface area (Å²) in [6, 6.07) is 0. The number of amides is 1. The molecule has 1 heterocycles. The number of H-pyrrole nitrogens is 1. The lowest BCUT2D eigenvalue weighted by atomic mass is 10.0. The Balaban J connectivity index is 2.62. The zero-order valence-electron chi connectivity index (χ0n) is 12.2. The lowest BCUT2D eigenvalue weighted by Gasteiger charge is -2.29. The Hall–Kier alpha value is -1.36. The first kappa shape index (κ1) is 14.7. The predicted molar refractivity (Wildman–Crippen MR) is 72.5 cm³/mol. The third kappa shape index (κ3) is 4.14. The van der Waals surface area contributed by atoms with Gasteiger partial charge in [-0.15, -0.1) is 0 Å². The molecule has 0 aliphatic heterocycles. The molecule has 0 atom stereocenters. The second kappa shape index (κ2) is 5.52. The minimum Gasteiger partial charge on any atom is -0.350 e. The molecule has 0 saturated carbocycles. The van der Waals surface area contributed by atoms with Gasteiger partial charge in [0.15, 0.2) is 0 Å². The van der Waals surface area contributed by atoms with Crippen LogP contribution in [0, 0.1) is 13.8 Å². The SMILES string of the molecule is Cc1n[nH]c(C)c1CC(=O)NC(C)(C)CN(C)C. The molecule has 0 radical (unpaired) electrons. The van der Waals surface area contributed by atoms with E-state index < -0.39 is 0 Å². The molecule has 0 aromatic carbocycles. The molecule has 1 aromatic rings. The first-order valence-electron chi connectivity index (χ1n) is 6.17. The largest absolute Gasteiger partial charge is 0.350 e. The molecule has 5 heteroatoms. The summed E-state index contributed by atoms with van der Waals surface area (Å²) in [6.45, 7) is 8.71. The molecule has 0 aliphatic carbocycles. The van der Waals surface area contributed by atoms with E-state index in [-0.39, 0.29) is 11.4 Å². The van der Waals surface area contributed by atoms with Crippen molar-refractivity contribution in [1.29, 1.82) is 0 Å². The average molecular weight is 252 g/mol. The minimum absolute atomic E-state index is 0.0365. The van der Waals surface area contributed by atoms with Gasteiger partial charge in [-0.3, -0.25) is 9.89 Å². The highest BCUT2D eigenvalue weighted by molar-refractivity contribution is 5.79. The standard InChI is InChI=1S/C13H24N4O/c1-9-11(10(2)16-15-9)7-12(18)14-13(3,4)8-17(5)6/h7-8H2,1-6H3,(H,14,18)(H,15,16). The van der Waals surface area contributed by atoms with Crippen LogP contribution in [0.25, 0.3) is 0 Å². The van der Waals surface area contributed by atoms with Crippen LogP contribution in [-0.4, -0.2) is 47.2 Å². The summed E-state index contributed by atoms with van der Waals surface area (Å²) >= 11 is 0. The predicted octanol–water partition coefficient (Wildman–Crippen LogP) is 1.03. The maximum absolute atomic E-state index is 12.0. The molecule has 18 heavy (non-hydrogen) atoms. The maximum atomic E-state index is 12.0. The van der Waals surface area contributed by atoms with Crippen molar-refractivity contribution in [3.63, 3.8) is 0 Å². The van der Waals surface area contributed by atoms with E-state index in [1.807, 2.05) is 41.8 Å². The molecule has 1 rings (SSSR count). The fourth-order valence-electron chi connectivity index (χ4n) is 2.25. The highest BCUT2D eigenvalue weighted by atomic mass is 16.1. The van der Waals surface area contributed by atoms with Gasteiger partial charge in [0.1, 0.15) is 0 Å². The Morgan fingerprint density at radius 2 is 2.00 bits per heavy atom. The van der Waals surface area contributed by atoms with Crippen LogP contribution in [0.3, 0.4) is 0 Å². The average Bonchev–Trinajstić information content (AvgIpc) is 2.46. The van der Waals surface area contributed by atoms with E-state index >= 15 is 0 Å². The quantitative estimate of drug-likeness (QED) is 0.822. The second-order valence-corrected chi connectivity index (χ2v) is 5.76. The second-order valence-electron chi connectivity index (χ2n) is 5.76. The molecule has 102 valence electrons. The Bertz CT molecular complexity index is 401. The van der Waals surface area contributed by atoms with E-state index in [0.717, 1.165) is 23.5 Å². The smallest absolute Gasteiger partial charge is 0.225 e. The summed E-state index contributed by atoms with van der Waals surface area (Å²) < 4.78 is 0. The van der Waals surface area contributed by atoms with Crippen LogP contribution in [0.2, 0.25) is 0 Å². The molecule has 0 fully saturated rings. The number of carbonyl (C=O) groups is 1. The van der Waals surface area contributed by atoms with Crippen molar-refractivity contribution in [3.8, 4) is 0 Å². The van der Waals surface area contributed by atoms with E-state index in [1.54, 1.807) is 0 Å². The van der Waals surface area contributed by atoms with Gasteiger partial charge in [-0.2, -0.15) is 5.10 Å². The normalized spacial score (nSPS) is 11.9. The van der Waals surface area contributed by atoms with Crippen LogP contribution < -0.4 is 5.32 Å². The summed E-state index contributed by atoms with van der Waals surface area (Å²) in [6.07, 6.45) is 0.380. The first-order valence-corrected chi connectivity index (χ1v) is 6.17. The van der Waals surface area contributed by atoms with Gasteiger partial charge in [0.2, 0.25) is 5.91 Å². The van der Waals surface area contributed by atoms with Crippen molar-refractivity contribution in [3.05, 3.63) is 17.0 Å². The summed E-state index contributed by atoms with van der Waals surface area (Å²) in [4.78, 5) is 14.1. The molecule has 1 aromatic heterocycles. The van der Waals surface area contributed by atoms with E-state index in [2.05, 4.69) is 20.4 Å². The van der Waals surface area contributed by atoms with Gasteiger partial charge >= 0.3 is 0 Å². The lowest BCUT2D eigenvalue weighted by molar-refractivity contribution is -0.122. The molecule has 0 bridgehead atoms. The number of carbonyl (C=O) groups excluding carboxylic acids is 1. The minimum atomic E-state index is -0.230. The number of likely N-dealkylation sites (N-methyl/N-ethyl adjacent to an activating group) is 1. The summed E-state index contributed by atoms with van der Waals surface area (Å²) in [5.41, 5.74) is 2.63. The molecule has 0 aliphatic rings. The van der Waals surface area contributed by atoms with Crippen molar-refractivity contribution in [2.75, 3.05) is 20.6 Å². The first-order chi connectivity index (χ1) is 8.21. The molecule has 1 amide bonds. The van der Waals surface area contributed by atoms with Gasteiger partial charge < -0.3 is 10.2 Å². The summed E-state index contributed by atoms with van der Waals surface area (Å²) in [5.74, 6) is 0.0365. The van der Waals surface area contributed by atoms with Crippen molar-refractivity contribution in [2.24, 2.45) is 0 Å². The molecule has 0 unspecified atom stereocenters. The fraction of sp³-hybridized carbons (Fsp3) is 0.692. The van der Waals surface area contributed by atoms with Crippen molar-refractivity contribution < 1.29 is 4.79 Å². The van der Waals surface area contributed by atoms with E-state index in [1.165, 1.54) is 0 Å². The van der Waals surface area contributed by atoms with Crippen LogP contribution in [0.1, 0.15) is 30.8 Å². The number of aromatic amines is 1. The number of aromatic nitrogens is 2. The molecule has 0 spiro atoms. The van der Waals surface area contributed by atoms with Crippen LogP contribution in [-0.2, 0) is 11.2 Å². The molecule has 0 saturated heterocycles. The van der Waals surface area contributed by atoms with E-state index in [4.69, 9.17) is 0 Å². The van der Waals surface area contributed by atoms with Crippen molar-refractivity contribution >= 4 is 5.91 Å². The van der Waals surface area contributed by atoms with Crippen LogP contribution >= 0.6 is 0 Å². The number of aryl methyl sites for hydroxylation is 2. The highest BCUT2D eigenvalue weighted by Gasteiger charge is 2.22. The molecule has 5 nitrogen and oxygen atoms in total. The van der Waals surface area contributed by atoms with Gasteiger partial charge in [-0.25, -0.2) is 0 Å².